The van der Waals surface area contributed by atoms with Crippen molar-refractivity contribution in [3.05, 3.63) is 29.8 Å². The summed E-state index contributed by atoms with van der Waals surface area (Å²) in [6.45, 7) is 1.72. The fraction of sp³-hybridized carbons (Fsp3) is 0.600. The highest BCUT2D eigenvalue weighted by Gasteiger charge is 2.53. The molecule has 0 N–H and O–H groups in total. The zero-order valence-corrected chi connectivity index (χ0v) is 15.3. The van der Waals surface area contributed by atoms with Crippen LogP contribution in [-0.2, 0) is 14.3 Å². The van der Waals surface area contributed by atoms with Gasteiger partial charge in [-0.2, -0.15) is 0 Å². The summed E-state index contributed by atoms with van der Waals surface area (Å²) in [6, 6.07) is 5.99. The van der Waals surface area contributed by atoms with Crippen molar-refractivity contribution in [3.8, 4) is 5.75 Å². The molecule has 2 saturated heterocycles. The van der Waals surface area contributed by atoms with Crippen LogP contribution in [0.4, 0.5) is 13.2 Å². The molecule has 0 bridgehead atoms. The van der Waals surface area contributed by atoms with E-state index in [4.69, 9.17) is 4.74 Å². The van der Waals surface area contributed by atoms with Crippen LogP contribution in [0.15, 0.2) is 24.3 Å². The molecule has 1 aromatic rings. The van der Waals surface area contributed by atoms with Crippen LogP contribution in [0.5, 0.6) is 5.75 Å². The first-order chi connectivity index (χ1) is 13.2. The lowest BCUT2D eigenvalue weighted by molar-refractivity contribution is -0.274. The van der Waals surface area contributed by atoms with Gasteiger partial charge in [0, 0.05) is 24.4 Å². The quantitative estimate of drug-likeness (QED) is 0.731. The van der Waals surface area contributed by atoms with Crippen LogP contribution in [0.2, 0.25) is 0 Å². The summed E-state index contributed by atoms with van der Waals surface area (Å²) in [5, 5.41) is 0. The Labute approximate surface area is 160 Å². The minimum absolute atomic E-state index is 0.0233. The predicted molar refractivity (Wildman–Crippen MR) is 92.4 cm³/mol. The van der Waals surface area contributed by atoms with E-state index in [2.05, 4.69) is 4.74 Å². The van der Waals surface area contributed by atoms with Crippen molar-refractivity contribution >= 4 is 11.9 Å². The Morgan fingerprint density at radius 2 is 1.79 bits per heavy atom. The maximum atomic E-state index is 12.7. The lowest BCUT2D eigenvalue weighted by Crippen LogP contribution is -2.49. The Hall–Kier alpha value is -2.25. The Morgan fingerprint density at radius 3 is 2.32 bits per heavy atom. The summed E-state index contributed by atoms with van der Waals surface area (Å²) in [7, 11) is 0. The van der Waals surface area contributed by atoms with E-state index in [0.717, 1.165) is 31.2 Å². The second-order valence-electron chi connectivity index (χ2n) is 8.16. The van der Waals surface area contributed by atoms with Crippen LogP contribution >= 0.6 is 0 Å². The lowest BCUT2D eigenvalue weighted by Gasteiger charge is -2.45. The molecule has 0 atom stereocenters. The first-order valence-corrected chi connectivity index (χ1v) is 9.53. The van der Waals surface area contributed by atoms with Crippen LogP contribution in [0, 0.1) is 11.3 Å². The van der Waals surface area contributed by atoms with Gasteiger partial charge >= 0.3 is 12.3 Å². The minimum atomic E-state index is -4.69. The van der Waals surface area contributed by atoms with Crippen LogP contribution in [0.25, 0.3) is 0 Å². The Balaban J connectivity index is 1.27. The molecule has 2 heterocycles. The fourth-order valence-corrected chi connectivity index (χ4v) is 4.70. The molecule has 0 aromatic heterocycles. The third kappa shape index (κ3) is 3.95. The van der Waals surface area contributed by atoms with Gasteiger partial charge in [-0.15, -0.1) is 13.2 Å². The summed E-state index contributed by atoms with van der Waals surface area (Å²) in [5.74, 6) is -0.0460. The topological polar surface area (TPSA) is 55.8 Å². The number of amides is 1. The van der Waals surface area contributed by atoms with Gasteiger partial charge in [0.25, 0.3) is 0 Å². The average Bonchev–Trinajstić information content (AvgIpc) is 3.02. The molecule has 5 nitrogen and oxygen atoms in total. The van der Waals surface area contributed by atoms with Gasteiger partial charge in [-0.05, 0) is 49.3 Å². The maximum absolute atomic E-state index is 12.7. The number of carbonyl (C=O) groups excluding carboxylic acids is 2. The summed E-state index contributed by atoms with van der Waals surface area (Å²) < 4.78 is 45.7. The van der Waals surface area contributed by atoms with Gasteiger partial charge in [0.1, 0.15) is 5.75 Å². The van der Waals surface area contributed by atoms with Crippen molar-refractivity contribution in [1.82, 2.24) is 4.90 Å². The fourth-order valence-electron chi connectivity index (χ4n) is 4.70. The third-order valence-corrected chi connectivity index (χ3v) is 6.16. The van der Waals surface area contributed by atoms with E-state index in [-0.39, 0.29) is 34.9 Å². The number of halogens is 3. The van der Waals surface area contributed by atoms with Gasteiger partial charge in [-0.25, -0.2) is 0 Å². The number of hydrogen-bond donors (Lipinski definition) is 0. The second kappa shape index (κ2) is 6.97. The van der Waals surface area contributed by atoms with Crippen molar-refractivity contribution < 1.29 is 32.2 Å². The molecule has 1 amide bonds. The van der Waals surface area contributed by atoms with E-state index in [9.17, 15) is 22.8 Å². The van der Waals surface area contributed by atoms with E-state index >= 15 is 0 Å². The summed E-state index contributed by atoms with van der Waals surface area (Å²) in [6.07, 6.45) is -1.26. The summed E-state index contributed by atoms with van der Waals surface area (Å²) in [5.41, 5.74) is 0.849. The van der Waals surface area contributed by atoms with E-state index in [1.54, 1.807) is 12.1 Å². The standard InChI is InChI=1S/C20H22F3NO4/c21-20(22,23)28-16-3-1-13(2-4-16)14-5-7-24(8-6-14)18(26)15-9-19(10-15)11-17(25)27-12-19/h1-4,14-15H,5-12H2. The molecule has 28 heavy (non-hydrogen) atoms. The number of esters is 1. The Bertz CT molecular complexity index is 748. The molecule has 0 unspecified atom stereocenters. The lowest BCUT2D eigenvalue weighted by atomic mass is 9.61. The molecule has 152 valence electrons. The van der Waals surface area contributed by atoms with Crippen LogP contribution in [0.1, 0.15) is 43.6 Å². The van der Waals surface area contributed by atoms with Gasteiger partial charge in [0.05, 0.1) is 13.0 Å². The number of benzene rings is 1. The number of cyclic esters (lactones) is 1. The molecule has 4 rings (SSSR count). The van der Waals surface area contributed by atoms with Crippen LogP contribution < -0.4 is 4.74 Å². The van der Waals surface area contributed by atoms with Gasteiger partial charge in [-0.3, -0.25) is 9.59 Å². The monoisotopic (exact) mass is 397 g/mol. The zero-order chi connectivity index (χ0) is 19.9. The van der Waals surface area contributed by atoms with Gasteiger partial charge in [-0.1, -0.05) is 12.1 Å². The van der Waals surface area contributed by atoms with Gasteiger partial charge in [0.15, 0.2) is 0 Å². The smallest absolute Gasteiger partial charge is 0.465 e. The number of ether oxygens (including phenoxy) is 2. The highest BCUT2D eigenvalue weighted by molar-refractivity contribution is 5.81. The first kappa shape index (κ1) is 19.1. The number of carbonyl (C=O) groups is 2. The summed E-state index contributed by atoms with van der Waals surface area (Å²) >= 11 is 0. The van der Waals surface area contributed by atoms with Gasteiger partial charge in [0.2, 0.25) is 5.91 Å². The van der Waals surface area contributed by atoms with Gasteiger partial charge < -0.3 is 14.4 Å². The molecule has 0 radical (unpaired) electrons. The van der Waals surface area contributed by atoms with Crippen molar-refractivity contribution in [2.24, 2.45) is 11.3 Å². The minimum Gasteiger partial charge on any atom is -0.465 e. The van der Waals surface area contributed by atoms with E-state index in [0.29, 0.717) is 26.1 Å². The molecular formula is C20H22F3NO4. The van der Waals surface area contributed by atoms with E-state index in [1.807, 2.05) is 4.90 Å². The van der Waals surface area contributed by atoms with Crippen molar-refractivity contribution in [1.29, 1.82) is 0 Å². The molecule has 1 aliphatic carbocycles. The molecule has 3 fully saturated rings. The summed E-state index contributed by atoms with van der Waals surface area (Å²) in [4.78, 5) is 25.9. The van der Waals surface area contributed by atoms with Crippen molar-refractivity contribution in [2.45, 2.75) is 44.4 Å². The normalized spacial score (nSPS) is 28.2. The average molecular weight is 397 g/mol. The number of nitrogens with zero attached hydrogens (tertiary/aromatic N) is 1. The number of hydrogen-bond acceptors (Lipinski definition) is 4. The third-order valence-electron chi connectivity index (χ3n) is 6.16. The number of alkyl halides is 3. The van der Waals surface area contributed by atoms with Crippen molar-refractivity contribution in [2.75, 3.05) is 19.7 Å². The Kier molecular flexibility index (Phi) is 4.75. The van der Waals surface area contributed by atoms with Crippen molar-refractivity contribution in [3.63, 3.8) is 0 Å². The highest BCUT2D eigenvalue weighted by Crippen LogP contribution is 2.52. The van der Waals surface area contributed by atoms with E-state index in [1.165, 1.54) is 12.1 Å². The first-order valence-electron chi connectivity index (χ1n) is 9.53. The van der Waals surface area contributed by atoms with Crippen LogP contribution in [-0.4, -0.2) is 42.8 Å². The van der Waals surface area contributed by atoms with E-state index < -0.39 is 6.36 Å². The second-order valence-corrected chi connectivity index (χ2v) is 8.16. The number of likely N-dealkylation sites (tertiary alicyclic amines) is 1. The largest absolute Gasteiger partial charge is 0.573 e. The molecule has 1 spiro atoms. The molecular weight excluding hydrogens is 375 g/mol. The molecule has 1 aromatic carbocycles. The van der Waals surface area contributed by atoms with Crippen LogP contribution in [0.3, 0.4) is 0 Å². The molecule has 1 saturated carbocycles. The molecule has 8 heteroatoms. The maximum Gasteiger partial charge on any atom is 0.573 e. The SMILES string of the molecule is O=C1CC2(CO1)CC(C(=O)N1CCC(c3ccc(OC(F)(F)F)cc3)CC1)C2. The molecule has 2 aliphatic heterocycles. The predicted octanol–water partition coefficient (Wildman–Crippen LogP) is 3.63. The zero-order valence-electron chi connectivity index (χ0n) is 15.3. The molecule has 3 aliphatic rings. The number of rotatable bonds is 3. The Morgan fingerprint density at radius 1 is 1.14 bits per heavy atom. The highest BCUT2D eigenvalue weighted by atomic mass is 19.4. The number of piperidine rings is 1.